The molecule has 0 aromatic heterocycles. The van der Waals surface area contributed by atoms with Crippen LogP contribution in [0.3, 0.4) is 0 Å². The second kappa shape index (κ2) is 6.76. The number of ketones is 1. The number of likely N-dealkylation sites (N-methyl/N-ethyl adjacent to an activating group) is 1. The smallest absolute Gasteiger partial charge is 0.221 e. The van der Waals surface area contributed by atoms with Gasteiger partial charge in [-0.25, -0.2) is 8.42 Å². The molecule has 0 unspecified atom stereocenters. The highest BCUT2D eigenvalue weighted by molar-refractivity contribution is 7.89. The number of carbonyl (C=O) groups excluding carboxylic acids is 1. The molecule has 1 aromatic rings. The fraction of sp³-hybridized carbons (Fsp3) is 0.533. The van der Waals surface area contributed by atoms with Gasteiger partial charge < -0.3 is 9.80 Å². The molecule has 0 atom stereocenters. The summed E-state index contributed by atoms with van der Waals surface area (Å²) < 4.78 is 26.1. The summed E-state index contributed by atoms with van der Waals surface area (Å²) in [5.74, 6) is -0.817. The lowest BCUT2D eigenvalue weighted by molar-refractivity contribution is 0.101. The molecule has 0 saturated carbocycles. The van der Waals surface area contributed by atoms with Crippen LogP contribution in [0.25, 0.3) is 0 Å². The van der Waals surface area contributed by atoms with E-state index in [1.807, 2.05) is 38.2 Å². The van der Waals surface area contributed by atoms with Crippen molar-refractivity contribution in [3.05, 3.63) is 29.8 Å². The van der Waals surface area contributed by atoms with Crippen LogP contribution in [0.15, 0.2) is 24.3 Å². The van der Waals surface area contributed by atoms with Crippen molar-refractivity contribution in [2.24, 2.45) is 0 Å². The van der Waals surface area contributed by atoms with Crippen molar-refractivity contribution in [3.8, 4) is 0 Å². The van der Waals surface area contributed by atoms with Gasteiger partial charge in [0.25, 0.3) is 0 Å². The summed E-state index contributed by atoms with van der Waals surface area (Å²) in [7, 11) is 2.25. The highest BCUT2D eigenvalue weighted by Gasteiger charge is 2.28. The van der Waals surface area contributed by atoms with Crippen molar-refractivity contribution in [2.45, 2.75) is 0 Å². The van der Waals surface area contributed by atoms with Crippen LogP contribution >= 0.6 is 0 Å². The van der Waals surface area contributed by atoms with Gasteiger partial charge in [-0.2, -0.15) is 4.31 Å². The largest absolute Gasteiger partial charge is 0.378 e. The molecule has 1 fully saturated rings. The van der Waals surface area contributed by atoms with Crippen LogP contribution in [0.5, 0.6) is 0 Å². The van der Waals surface area contributed by atoms with Crippen molar-refractivity contribution in [3.63, 3.8) is 0 Å². The SMILES string of the molecule is CN1CCN(S(=O)(=O)CC(=O)c2ccc(N(C)C)cc2)CC1. The summed E-state index contributed by atoms with van der Waals surface area (Å²) in [4.78, 5) is 16.2. The molecule has 6 nitrogen and oxygen atoms in total. The Morgan fingerprint density at radius 2 is 1.64 bits per heavy atom. The molecule has 0 aliphatic carbocycles. The molecule has 1 heterocycles. The number of hydrogen-bond acceptors (Lipinski definition) is 5. The zero-order chi connectivity index (χ0) is 16.3. The summed E-state index contributed by atoms with van der Waals surface area (Å²) >= 11 is 0. The van der Waals surface area contributed by atoms with Crippen molar-refractivity contribution in [1.82, 2.24) is 9.21 Å². The van der Waals surface area contributed by atoms with Gasteiger partial charge >= 0.3 is 0 Å². The maximum atomic E-state index is 12.3. The van der Waals surface area contributed by atoms with Gasteiger partial charge in [0.2, 0.25) is 10.0 Å². The molecule has 1 aliphatic heterocycles. The summed E-state index contributed by atoms with van der Waals surface area (Å²) in [6, 6.07) is 6.99. The molecule has 0 spiro atoms. The van der Waals surface area contributed by atoms with E-state index in [4.69, 9.17) is 0 Å². The third-order valence-electron chi connectivity index (χ3n) is 3.87. The second-order valence-corrected chi connectivity index (χ2v) is 7.79. The van der Waals surface area contributed by atoms with Gasteiger partial charge in [0.15, 0.2) is 5.78 Å². The molecular weight excluding hydrogens is 302 g/mol. The lowest BCUT2D eigenvalue weighted by Crippen LogP contribution is -2.48. The number of piperazine rings is 1. The fourth-order valence-electron chi connectivity index (χ4n) is 2.35. The monoisotopic (exact) mass is 325 g/mol. The standard InChI is InChI=1S/C15H23N3O3S/c1-16(2)14-6-4-13(5-7-14)15(19)12-22(20,21)18-10-8-17(3)9-11-18/h4-7H,8-12H2,1-3H3. The number of hydrogen-bond donors (Lipinski definition) is 0. The Morgan fingerprint density at radius 1 is 1.09 bits per heavy atom. The predicted octanol–water partition coefficient (Wildman–Crippen LogP) is 0.513. The van der Waals surface area contributed by atoms with Gasteiger partial charge in [-0.15, -0.1) is 0 Å². The van der Waals surface area contributed by atoms with E-state index in [-0.39, 0.29) is 5.78 Å². The third kappa shape index (κ3) is 4.06. The maximum Gasteiger partial charge on any atom is 0.221 e. The van der Waals surface area contributed by atoms with Gasteiger partial charge in [0.1, 0.15) is 5.75 Å². The Morgan fingerprint density at radius 3 is 2.14 bits per heavy atom. The number of nitrogens with zero attached hydrogens (tertiary/aromatic N) is 3. The normalized spacial score (nSPS) is 17.4. The molecule has 1 saturated heterocycles. The Labute approximate surface area is 132 Å². The van der Waals surface area contributed by atoms with Crippen molar-refractivity contribution in [1.29, 1.82) is 0 Å². The van der Waals surface area contributed by atoms with Gasteiger partial charge in [-0.05, 0) is 31.3 Å². The van der Waals surface area contributed by atoms with E-state index in [1.165, 1.54) is 4.31 Å². The van der Waals surface area contributed by atoms with Crippen molar-refractivity contribution >= 4 is 21.5 Å². The Balaban J connectivity index is 2.04. The summed E-state index contributed by atoms with van der Waals surface area (Å²) in [6.07, 6.45) is 0. The van der Waals surface area contributed by atoms with Crippen LogP contribution in [0.1, 0.15) is 10.4 Å². The Bertz CT molecular complexity index is 618. The molecule has 0 amide bonds. The lowest BCUT2D eigenvalue weighted by Gasteiger charge is -2.31. The molecule has 7 heteroatoms. The van der Waals surface area contributed by atoms with Crippen molar-refractivity contribution < 1.29 is 13.2 Å². The summed E-state index contributed by atoms with van der Waals surface area (Å²) in [6.45, 7) is 2.30. The Kier molecular flexibility index (Phi) is 5.20. The minimum absolute atomic E-state index is 0.357. The number of anilines is 1. The molecule has 1 aromatic carbocycles. The van der Waals surface area contributed by atoms with Gasteiger partial charge in [-0.1, -0.05) is 0 Å². The summed E-state index contributed by atoms with van der Waals surface area (Å²) in [5, 5.41) is 0. The van der Waals surface area contributed by atoms with Gasteiger partial charge in [-0.3, -0.25) is 4.79 Å². The average molecular weight is 325 g/mol. The molecule has 1 aliphatic rings. The first kappa shape index (κ1) is 16.9. The first-order valence-corrected chi connectivity index (χ1v) is 8.87. The first-order chi connectivity index (χ1) is 10.3. The van der Waals surface area contributed by atoms with Crippen LogP contribution in [-0.2, 0) is 10.0 Å². The van der Waals surface area contributed by atoms with Crippen LogP contribution < -0.4 is 4.90 Å². The molecule has 0 N–H and O–H groups in total. The predicted molar refractivity (Wildman–Crippen MR) is 88.0 cm³/mol. The number of rotatable bonds is 5. The van der Waals surface area contributed by atoms with Crippen LogP contribution in [0.4, 0.5) is 5.69 Å². The average Bonchev–Trinajstić information content (AvgIpc) is 2.47. The molecular formula is C15H23N3O3S. The van der Waals surface area contributed by atoms with E-state index >= 15 is 0 Å². The van der Waals surface area contributed by atoms with Crippen LogP contribution in [-0.4, -0.2) is 76.5 Å². The van der Waals surface area contributed by atoms with E-state index in [9.17, 15) is 13.2 Å². The molecule has 22 heavy (non-hydrogen) atoms. The minimum atomic E-state index is -3.53. The van der Waals surface area contributed by atoms with E-state index < -0.39 is 15.8 Å². The van der Waals surface area contributed by atoms with Crippen LogP contribution in [0.2, 0.25) is 0 Å². The first-order valence-electron chi connectivity index (χ1n) is 7.26. The number of sulfonamides is 1. The number of benzene rings is 1. The molecule has 2 rings (SSSR count). The zero-order valence-electron chi connectivity index (χ0n) is 13.3. The Hall–Kier alpha value is -1.44. The van der Waals surface area contributed by atoms with E-state index in [1.54, 1.807) is 12.1 Å². The van der Waals surface area contributed by atoms with Crippen LogP contribution in [0, 0.1) is 0 Å². The zero-order valence-corrected chi connectivity index (χ0v) is 14.1. The van der Waals surface area contributed by atoms with E-state index in [0.29, 0.717) is 31.7 Å². The van der Waals surface area contributed by atoms with E-state index in [2.05, 4.69) is 4.90 Å². The molecule has 0 bridgehead atoms. The fourth-order valence-corrected chi connectivity index (χ4v) is 3.75. The van der Waals surface area contributed by atoms with Gasteiger partial charge in [0, 0.05) is 51.5 Å². The third-order valence-corrected chi connectivity index (χ3v) is 5.65. The topological polar surface area (TPSA) is 60.9 Å². The molecule has 122 valence electrons. The summed E-state index contributed by atoms with van der Waals surface area (Å²) in [5.41, 5.74) is 1.40. The quantitative estimate of drug-likeness (QED) is 0.739. The van der Waals surface area contributed by atoms with Gasteiger partial charge in [0.05, 0.1) is 0 Å². The molecule has 0 radical (unpaired) electrons. The minimum Gasteiger partial charge on any atom is -0.378 e. The highest BCUT2D eigenvalue weighted by atomic mass is 32.2. The lowest BCUT2D eigenvalue weighted by atomic mass is 10.1. The number of carbonyl (C=O) groups is 1. The maximum absolute atomic E-state index is 12.3. The number of Topliss-reactive ketones (excluding diaryl/α,β-unsaturated/α-hetero) is 1. The van der Waals surface area contributed by atoms with E-state index in [0.717, 1.165) is 5.69 Å². The second-order valence-electron chi connectivity index (χ2n) is 5.82. The highest BCUT2D eigenvalue weighted by Crippen LogP contribution is 2.14. The van der Waals surface area contributed by atoms with Crippen molar-refractivity contribution in [2.75, 3.05) is 58.0 Å².